The summed E-state index contributed by atoms with van der Waals surface area (Å²) in [6.45, 7) is 5.27. The minimum atomic E-state index is -0.808. The molecule has 0 heterocycles. The van der Waals surface area contributed by atoms with Gasteiger partial charge in [0.1, 0.15) is 5.60 Å². The first kappa shape index (κ1) is 25.2. The number of hydrogen-bond donors (Lipinski definition) is 1. The van der Waals surface area contributed by atoms with Crippen LogP contribution in [0.3, 0.4) is 0 Å². The maximum Gasteiger partial charge on any atom is 0.418 e. The number of non-ortho nitro benzene ring substituents is 2. The van der Waals surface area contributed by atoms with Gasteiger partial charge in [-0.3, -0.25) is 20.2 Å². The Morgan fingerprint density at radius 1 is 0.879 bits per heavy atom. The van der Waals surface area contributed by atoms with Crippen LogP contribution in [0, 0.1) is 20.2 Å². The molecule has 0 bridgehead atoms. The van der Waals surface area contributed by atoms with E-state index in [2.05, 4.69) is 5.32 Å². The quantitative estimate of drug-likeness (QED) is 0.460. The van der Waals surface area contributed by atoms with Gasteiger partial charge in [-0.2, -0.15) is 0 Å². The van der Waals surface area contributed by atoms with Crippen LogP contribution in [0.2, 0.25) is 0 Å². The van der Waals surface area contributed by atoms with Gasteiger partial charge in [-0.25, -0.2) is 14.5 Å². The van der Waals surface area contributed by atoms with Gasteiger partial charge in [0.25, 0.3) is 11.4 Å². The summed E-state index contributed by atoms with van der Waals surface area (Å²) in [7, 11) is 0. The number of ether oxygens (including phenoxy) is 1. The number of nitrogens with one attached hydrogen (secondary N) is 1. The fourth-order valence-corrected chi connectivity index (χ4v) is 2.81. The summed E-state index contributed by atoms with van der Waals surface area (Å²) in [5.41, 5.74) is 0.627. The third-order valence-corrected chi connectivity index (χ3v) is 4.47. The van der Waals surface area contributed by atoms with E-state index in [1.165, 1.54) is 24.3 Å². The second-order valence-corrected chi connectivity index (χ2v) is 8.21. The number of hydrogen-bond acceptors (Lipinski definition) is 7. The van der Waals surface area contributed by atoms with Crippen molar-refractivity contribution in [1.29, 1.82) is 0 Å². The van der Waals surface area contributed by atoms with Crippen molar-refractivity contribution in [3.8, 4) is 0 Å². The Balaban J connectivity index is 2.00. The SMILES string of the molecule is CC(C)(C)OC(=O)N(CCc1ccc([N+](=O)[O-])cc1)C(=O)NCCc1ccc([N+](=O)[O-])cc1. The highest BCUT2D eigenvalue weighted by molar-refractivity contribution is 5.91. The molecule has 11 heteroatoms. The molecule has 0 radical (unpaired) electrons. The van der Waals surface area contributed by atoms with Crippen LogP contribution in [0.25, 0.3) is 0 Å². The highest BCUT2D eigenvalue weighted by atomic mass is 16.6. The molecule has 0 aromatic heterocycles. The van der Waals surface area contributed by atoms with Crippen LogP contribution in [-0.2, 0) is 17.6 Å². The summed E-state index contributed by atoms with van der Waals surface area (Å²) < 4.78 is 5.33. The smallest absolute Gasteiger partial charge is 0.418 e. The number of carbonyl (C=O) groups is 2. The van der Waals surface area contributed by atoms with Crippen LogP contribution in [0.15, 0.2) is 48.5 Å². The van der Waals surface area contributed by atoms with Crippen LogP contribution < -0.4 is 5.32 Å². The van der Waals surface area contributed by atoms with E-state index >= 15 is 0 Å². The molecule has 2 aromatic rings. The lowest BCUT2D eigenvalue weighted by Crippen LogP contribution is -2.47. The van der Waals surface area contributed by atoms with Crippen LogP contribution in [-0.4, -0.2) is 45.6 Å². The second kappa shape index (κ2) is 11.0. The fourth-order valence-electron chi connectivity index (χ4n) is 2.81. The second-order valence-electron chi connectivity index (χ2n) is 8.21. The maximum absolute atomic E-state index is 12.7. The number of carbonyl (C=O) groups excluding carboxylic acids is 2. The number of imide groups is 1. The molecule has 1 N–H and O–H groups in total. The largest absolute Gasteiger partial charge is 0.443 e. The van der Waals surface area contributed by atoms with E-state index in [1.807, 2.05) is 0 Å². The van der Waals surface area contributed by atoms with Gasteiger partial charge in [0, 0.05) is 37.4 Å². The van der Waals surface area contributed by atoms with Gasteiger partial charge < -0.3 is 10.1 Å². The standard InChI is InChI=1S/C22H26N4O7/c1-22(2,3)33-21(28)24(15-13-17-6-10-19(11-7-17)26(31)32)20(27)23-14-12-16-4-8-18(9-5-16)25(29)30/h4-11H,12-15H2,1-3H3,(H,23,27). The molecule has 0 saturated carbocycles. The van der Waals surface area contributed by atoms with Crippen LogP contribution in [0.5, 0.6) is 0 Å². The van der Waals surface area contributed by atoms with Crippen molar-refractivity contribution < 1.29 is 24.2 Å². The van der Waals surface area contributed by atoms with Crippen molar-refractivity contribution in [2.75, 3.05) is 13.1 Å². The predicted octanol–water partition coefficient (Wildman–Crippen LogP) is 4.23. The zero-order chi connectivity index (χ0) is 24.6. The third kappa shape index (κ3) is 8.20. The molecule has 0 aliphatic heterocycles. The number of nitrogens with zero attached hydrogens (tertiary/aromatic N) is 3. The number of amides is 3. The Kier molecular flexibility index (Phi) is 8.43. The Morgan fingerprint density at radius 3 is 1.76 bits per heavy atom. The zero-order valence-corrected chi connectivity index (χ0v) is 18.6. The van der Waals surface area contributed by atoms with E-state index in [1.54, 1.807) is 45.0 Å². The average molecular weight is 458 g/mol. The van der Waals surface area contributed by atoms with Gasteiger partial charge in [0.05, 0.1) is 9.85 Å². The molecule has 33 heavy (non-hydrogen) atoms. The van der Waals surface area contributed by atoms with E-state index < -0.39 is 27.6 Å². The van der Waals surface area contributed by atoms with Gasteiger partial charge in [0.15, 0.2) is 0 Å². The highest BCUT2D eigenvalue weighted by Gasteiger charge is 2.27. The zero-order valence-electron chi connectivity index (χ0n) is 18.6. The molecule has 3 amide bonds. The van der Waals surface area contributed by atoms with Gasteiger partial charge >= 0.3 is 12.1 Å². The summed E-state index contributed by atoms with van der Waals surface area (Å²) in [5, 5.41) is 24.2. The molecule has 0 aliphatic rings. The van der Waals surface area contributed by atoms with E-state index in [0.29, 0.717) is 12.0 Å². The van der Waals surface area contributed by atoms with Crippen LogP contribution >= 0.6 is 0 Å². The Morgan fingerprint density at radius 2 is 1.33 bits per heavy atom. The highest BCUT2D eigenvalue weighted by Crippen LogP contribution is 2.15. The number of urea groups is 1. The minimum absolute atomic E-state index is 0.0100. The van der Waals surface area contributed by atoms with Crippen molar-refractivity contribution in [1.82, 2.24) is 10.2 Å². The molecule has 0 atom stereocenters. The number of rotatable bonds is 8. The third-order valence-electron chi connectivity index (χ3n) is 4.47. The number of nitro groups is 2. The summed E-state index contributed by atoms with van der Waals surface area (Å²) >= 11 is 0. The molecule has 0 spiro atoms. The summed E-state index contributed by atoms with van der Waals surface area (Å²) in [5.74, 6) is 0. The lowest BCUT2D eigenvalue weighted by Gasteiger charge is -2.26. The topological polar surface area (TPSA) is 145 Å². The summed E-state index contributed by atoms with van der Waals surface area (Å²) in [6, 6.07) is 11.2. The molecule has 2 aromatic carbocycles. The van der Waals surface area contributed by atoms with Crippen molar-refractivity contribution in [2.45, 2.75) is 39.2 Å². The summed E-state index contributed by atoms with van der Waals surface area (Å²) in [6.07, 6.45) is -0.112. The van der Waals surface area contributed by atoms with E-state index in [4.69, 9.17) is 4.74 Å². The van der Waals surface area contributed by atoms with Crippen LogP contribution in [0.4, 0.5) is 21.0 Å². The Bertz CT molecular complexity index is 999. The fraction of sp³-hybridized carbons (Fsp3) is 0.364. The Hall–Kier alpha value is -4.02. The first-order valence-electron chi connectivity index (χ1n) is 10.2. The van der Waals surface area contributed by atoms with E-state index in [-0.39, 0.29) is 30.9 Å². The monoisotopic (exact) mass is 458 g/mol. The van der Waals surface area contributed by atoms with Crippen molar-refractivity contribution in [3.05, 3.63) is 79.9 Å². The Labute approximate surface area is 190 Å². The number of benzene rings is 2. The van der Waals surface area contributed by atoms with Gasteiger partial charge in [-0.05, 0) is 44.7 Å². The molecule has 0 saturated heterocycles. The molecule has 0 unspecified atom stereocenters. The predicted molar refractivity (Wildman–Crippen MR) is 120 cm³/mol. The first-order valence-corrected chi connectivity index (χ1v) is 10.2. The molecular weight excluding hydrogens is 432 g/mol. The molecule has 2 rings (SSSR count). The van der Waals surface area contributed by atoms with Crippen molar-refractivity contribution in [3.63, 3.8) is 0 Å². The van der Waals surface area contributed by atoms with Crippen molar-refractivity contribution >= 4 is 23.5 Å². The van der Waals surface area contributed by atoms with Gasteiger partial charge in [-0.15, -0.1) is 0 Å². The first-order chi connectivity index (χ1) is 15.5. The molecular formula is C22H26N4O7. The van der Waals surface area contributed by atoms with Crippen molar-refractivity contribution in [2.24, 2.45) is 0 Å². The molecule has 0 fully saturated rings. The van der Waals surface area contributed by atoms with E-state index in [0.717, 1.165) is 10.5 Å². The average Bonchev–Trinajstić information content (AvgIpc) is 2.73. The molecule has 0 aliphatic carbocycles. The van der Waals surface area contributed by atoms with E-state index in [9.17, 15) is 29.8 Å². The maximum atomic E-state index is 12.7. The van der Waals surface area contributed by atoms with Gasteiger partial charge in [0.2, 0.25) is 0 Å². The normalized spacial score (nSPS) is 10.9. The molecule has 11 nitrogen and oxygen atoms in total. The van der Waals surface area contributed by atoms with Crippen LogP contribution in [0.1, 0.15) is 31.9 Å². The minimum Gasteiger partial charge on any atom is -0.443 e. The van der Waals surface area contributed by atoms with Gasteiger partial charge in [-0.1, -0.05) is 24.3 Å². The number of nitro benzene ring substituents is 2. The lowest BCUT2D eigenvalue weighted by atomic mass is 10.1. The summed E-state index contributed by atoms with van der Waals surface area (Å²) in [4.78, 5) is 46.8. The lowest BCUT2D eigenvalue weighted by molar-refractivity contribution is -0.385. The molecule has 176 valence electrons.